The molecule has 7 heteroatoms. The first-order chi connectivity index (χ1) is 13.6. The van der Waals surface area contributed by atoms with Gasteiger partial charge in [0.25, 0.3) is 0 Å². The normalized spacial score (nSPS) is 16.2. The lowest BCUT2D eigenvalue weighted by atomic mass is 10.1. The van der Waals surface area contributed by atoms with Crippen molar-refractivity contribution in [3.8, 4) is 5.75 Å². The van der Waals surface area contributed by atoms with Gasteiger partial charge in [0.1, 0.15) is 5.75 Å². The number of urea groups is 1. The molecule has 0 bridgehead atoms. The Balaban J connectivity index is 1.62. The van der Waals surface area contributed by atoms with Gasteiger partial charge in [-0.1, -0.05) is 12.1 Å². The Morgan fingerprint density at radius 3 is 2.54 bits per heavy atom. The van der Waals surface area contributed by atoms with E-state index >= 15 is 0 Å². The minimum Gasteiger partial charge on any atom is -0.497 e. The molecule has 2 amide bonds. The maximum absolute atomic E-state index is 12.7. The zero-order valence-electron chi connectivity index (χ0n) is 16.1. The molecular weight excluding hydrogens is 358 g/mol. The minimum atomic E-state index is -0.478. The molecule has 3 rings (SSSR count). The number of amides is 2. The number of carbonyl (C=O) groups is 2. The molecule has 1 fully saturated rings. The van der Waals surface area contributed by atoms with E-state index in [0.29, 0.717) is 24.3 Å². The number of nitrogens with zero attached hydrogens (tertiary/aromatic N) is 1. The molecule has 0 aliphatic carbocycles. The number of anilines is 2. The fourth-order valence-corrected chi connectivity index (χ4v) is 3.28. The number of ether oxygens (including phenoxy) is 2. The molecule has 1 heterocycles. The van der Waals surface area contributed by atoms with E-state index < -0.39 is 5.97 Å². The van der Waals surface area contributed by atoms with Crippen molar-refractivity contribution in [1.82, 2.24) is 4.90 Å². The molecule has 2 aromatic rings. The smallest absolute Gasteiger partial charge is 0.339 e. The summed E-state index contributed by atoms with van der Waals surface area (Å²) in [4.78, 5) is 26.4. The summed E-state index contributed by atoms with van der Waals surface area (Å²) in [6.45, 7) is 1.26. The molecular formula is C21H25N3O4. The highest BCUT2D eigenvalue weighted by molar-refractivity contribution is 6.00. The second-order valence-electron chi connectivity index (χ2n) is 6.63. The topological polar surface area (TPSA) is 79.9 Å². The third-order valence-electron chi connectivity index (χ3n) is 4.74. The Morgan fingerprint density at radius 2 is 1.82 bits per heavy atom. The minimum absolute atomic E-state index is 0.156. The van der Waals surface area contributed by atoms with Crippen LogP contribution in [0.25, 0.3) is 0 Å². The van der Waals surface area contributed by atoms with Gasteiger partial charge in [-0.25, -0.2) is 9.59 Å². The third-order valence-corrected chi connectivity index (χ3v) is 4.74. The Bertz CT molecular complexity index is 823. The summed E-state index contributed by atoms with van der Waals surface area (Å²) in [6.07, 6.45) is 1.88. The van der Waals surface area contributed by atoms with Gasteiger partial charge in [0, 0.05) is 24.8 Å². The maximum atomic E-state index is 12.7. The van der Waals surface area contributed by atoms with E-state index in [9.17, 15) is 9.59 Å². The Hall–Kier alpha value is -3.22. The van der Waals surface area contributed by atoms with Crippen LogP contribution in [-0.2, 0) is 4.74 Å². The molecule has 2 aromatic carbocycles. The Morgan fingerprint density at radius 1 is 1.07 bits per heavy atom. The largest absolute Gasteiger partial charge is 0.497 e. The van der Waals surface area contributed by atoms with Crippen molar-refractivity contribution < 1.29 is 19.1 Å². The van der Waals surface area contributed by atoms with E-state index in [2.05, 4.69) is 10.6 Å². The number of nitrogens with one attached hydrogen (secondary N) is 2. The van der Waals surface area contributed by atoms with Gasteiger partial charge in [0.05, 0.1) is 25.5 Å². The lowest BCUT2D eigenvalue weighted by Gasteiger charge is -2.33. The number of esters is 1. The van der Waals surface area contributed by atoms with Crippen LogP contribution in [0.15, 0.2) is 48.5 Å². The molecule has 0 saturated carbocycles. The number of piperidine rings is 1. The molecule has 1 saturated heterocycles. The number of benzene rings is 2. The molecule has 2 N–H and O–H groups in total. The zero-order chi connectivity index (χ0) is 19.9. The van der Waals surface area contributed by atoms with Gasteiger partial charge in [-0.2, -0.15) is 0 Å². The molecule has 1 aliphatic heterocycles. The van der Waals surface area contributed by atoms with Gasteiger partial charge in [-0.15, -0.1) is 0 Å². The van der Waals surface area contributed by atoms with E-state index in [4.69, 9.17) is 9.47 Å². The van der Waals surface area contributed by atoms with Gasteiger partial charge < -0.3 is 25.0 Å². The highest BCUT2D eigenvalue weighted by Crippen LogP contribution is 2.21. The fourth-order valence-electron chi connectivity index (χ4n) is 3.28. The van der Waals surface area contributed by atoms with E-state index in [1.807, 2.05) is 24.3 Å². The van der Waals surface area contributed by atoms with Crippen LogP contribution in [0.1, 0.15) is 23.2 Å². The summed E-state index contributed by atoms with van der Waals surface area (Å²) in [6, 6.07) is 14.5. The lowest BCUT2D eigenvalue weighted by Crippen LogP contribution is -2.46. The molecule has 28 heavy (non-hydrogen) atoms. The van der Waals surface area contributed by atoms with Gasteiger partial charge in [-0.05, 0) is 49.2 Å². The van der Waals surface area contributed by atoms with Crippen LogP contribution in [-0.4, -0.2) is 50.3 Å². The van der Waals surface area contributed by atoms with Crippen LogP contribution in [0.3, 0.4) is 0 Å². The molecule has 0 spiro atoms. The summed E-state index contributed by atoms with van der Waals surface area (Å²) in [5.74, 6) is 0.327. The van der Waals surface area contributed by atoms with Gasteiger partial charge in [0.15, 0.2) is 0 Å². The van der Waals surface area contributed by atoms with Crippen LogP contribution < -0.4 is 15.4 Å². The monoisotopic (exact) mass is 383 g/mol. The summed E-state index contributed by atoms with van der Waals surface area (Å²) in [7, 11) is 2.96. The van der Waals surface area contributed by atoms with Crippen LogP contribution in [0, 0.1) is 0 Å². The first-order valence-corrected chi connectivity index (χ1v) is 9.24. The number of carbonyl (C=O) groups excluding carboxylic acids is 2. The fraction of sp³-hybridized carbons (Fsp3) is 0.333. The van der Waals surface area contributed by atoms with Crippen LogP contribution in [0.4, 0.5) is 16.2 Å². The first-order valence-electron chi connectivity index (χ1n) is 9.24. The summed E-state index contributed by atoms with van der Waals surface area (Å²) < 4.78 is 9.96. The van der Waals surface area contributed by atoms with Gasteiger partial charge in [0.2, 0.25) is 0 Å². The maximum Gasteiger partial charge on any atom is 0.339 e. The number of likely N-dealkylation sites (tertiary alicyclic amines) is 1. The highest BCUT2D eigenvalue weighted by atomic mass is 16.5. The van der Waals surface area contributed by atoms with E-state index in [1.165, 1.54) is 7.11 Å². The number of hydrogen-bond acceptors (Lipinski definition) is 5. The molecule has 0 unspecified atom stereocenters. The van der Waals surface area contributed by atoms with Crippen molar-refractivity contribution in [3.63, 3.8) is 0 Å². The number of methoxy groups -OCH3 is 2. The van der Waals surface area contributed by atoms with Crippen molar-refractivity contribution >= 4 is 23.4 Å². The number of para-hydroxylation sites is 1. The van der Waals surface area contributed by atoms with E-state index in [1.54, 1.807) is 36.3 Å². The third kappa shape index (κ3) is 4.73. The summed E-state index contributed by atoms with van der Waals surface area (Å²) >= 11 is 0. The predicted molar refractivity (Wildman–Crippen MR) is 108 cm³/mol. The van der Waals surface area contributed by atoms with E-state index in [-0.39, 0.29) is 12.1 Å². The highest BCUT2D eigenvalue weighted by Gasteiger charge is 2.24. The second kappa shape index (κ2) is 9.12. The molecule has 1 atom stereocenters. The Labute approximate surface area is 164 Å². The second-order valence-corrected chi connectivity index (χ2v) is 6.63. The zero-order valence-corrected chi connectivity index (χ0v) is 16.1. The van der Waals surface area contributed by atoms with Crippen molar-refractivity contribution in [1.29, 1.82) is 0 Å². The number of hydrogen-bond donors (Lipinski definition) is 2. The quantitative estimate of drug-likeness (QED) is 0.772. The number of rotatable bonds is 5. The molecule has 1 aliphatic rings. The average Bonchev–Trinajstić information content (AvgIpc) is 2.74. The lowest BCUT2D eigenvalue weighted by molar-refractivity contribution is 0.0602. The van der Waals surface area contributed by atoms with Crippen LogP contribution in [0.5, 0.6) is 5.75 Å². The summed E-state index contributed by atoms with van der Waals surface area (Å²) in [5, 5.41) is 6.31. The van der Waals surface area contributed by atoms with Crippen molar-refractivity contribution in [2.45, 2.75) is 18.9 Å². The molecule has 0 aromatic heterocycles. The van der Waals surface area contributed by atoms with Crippen molar-refractivity contribution in [2.24, 2.45) is 0 Å². The molecule has 148 valence electrons. The van der Waals surface area contributed by atoms with E-state index in [0.717, 1.165) is 24.3 Å². The molecule has 7 nitrogen and oxygen atoms in total. The van der Waals surface area contributed by atoms with Crippen molar-refractivity contribution in [2.75, 3.05) is 37.9 Å². The average molecular weight is 383 g/mol. The van der Waals surface area contributed by atoms with Crippen LogP contribution in [0.2, 0.25) is 0 Å². The predicted octanol–water partition coefficient (Wildman–Crippen LogP) is 3.59. The van der Waals surface area contributed by atoms with Crippen molar-refractivity contribution in [3.05, 3.63) is 54.1 Å². The van der Waals surface area contributed by atoms with Crippen LogP contribution >= 0.6 is 0 Å². The molecule has 0 radical (unpaired) electrons. The van der Waals surface area contributed by atoms with Gasteiger partial charge in [-0.3, -0.25) is 0 Å². The standard InChI is InChI=1S/C21H25N3O4/c1-27-17-11-9-15(10-12-17)22-16-6-5-13-24(14-16)21(26)23-19-8-4-3-7-18(19)20(25)28-2/h3-4,7-12,16,22H,5-6,13-14H2,1-2H3,(H,23,26)/t16-/m0/s1. The summed E-state index contributed by atoms with van der Waals surface area (Å²) in [5.41, 5.74) is 1.77. The SMILES string of the molecule is COC(=O)c1ccccc1NC(=O)N1CCC[C@H](Nc2ccc(OC)cc2)C1. The van der Waals surface area contributed by atoms with Gasteiger partial charge >= 0.3 is 12.0 Å². The first kappa shape index (κ1) is 19.5. The Kier molecular flexibility index (Phi) is 6.37.